The standard InChI is InChI=1S/C11H18F2N2O2/c12-5-3-6(16)11-9-4(2-8(17)15-11)1-7(13)14-10(5)9/h4-11,14-17H,1-3H2. The lowest BCUT2D eigenvalue weighted by Gasteiger charge is -2.54. The Hall–Kier alpha value is -0.300. The van der Waals surface area contributed by atoms with E-state index in [1.807, 2.05) is 0 Å². The molecule has 3 fully saturated rings. The van der Waals surface area contributed by atoms with Crippen molar-refractivity contribution in [2.75, 3.05) is 0 Å². The molecule has 0 radical (unpaired) electrons. The number of aliphatic hydroxyl groups is 2. The van der Waals surface area contributed by atoms with Crippen LogP contribution < -0.4 is 10.6 Å². The summed E-state index contributed by atoms with van der Waals surface area (Å²) in [5.41, 5.74) is 0. The van der Waals surface area contributed by atoms with E-state index in [9.17, 15) is 19.0 Å². The predicted octanol–water partition coefficient (Wildman–Crippen LogP) is -0.341. The lowest BCUT2D eigenvalue weighted by Crippen LogP contribution is -2.70. The summed E-state index contributed by atoms with van der Waals surface area (Å²) in [5.74, 6) is -0.199. The summed E-state index contributed by atoms with van der Waals surface area (Å²) >= 11 is 0. The summed E-state index contributed by atoms with van der Waals surface area (Å²) in [4.78, 5) is 0. The van der Waals surface area contributed by atoms with E-state index in [1.54, 1.807) is 0 Å². The largest absolute Gasteiger partial charge is 0.391 e. The molecule has 1 saturated carbocycles. The van der Waals surface area contributed by atoms with Gasteiger partial charge in [-0.05, 0) is 24.7 Å². The maximum atomic E-state index is 13.9. The normalized spacial score (nSPS) is 58.6. The maximum absolute atomic E-state index is 13.9. The highest BCUT2D eigenvalue weighted by Gasteiger charge is 2.53. The average molecular weight is 248 g/mol. The van der Waals surface area contributed by atoms with Gasteiger partial charge in [0.2, 0.25) is 0 Å². The minimum absolute atomic E-state index is 0.00199. The van der Waals surface area contributed by atoms with Gasteiger partial charge in [0.25, 0.3) is 0 Å². The van der Waals surface area contributed by atoms with Gasteiger partial charge in [-0.3, -0.25) is 10.6 Å². The summed E-state index contributed by atoms with van der Waals surface area (Å²) in [6.45, 7) is 0. The van der Waals surface area contributed by atoms with Crippen molar-refractivity contribution in [3.05, 3.63) is 0 Å². The summed E-state index contributed by atoms with van der Waals surface area (Å²) < 4.78 is 27.4. The van der Waals surface area contributed by atoms with E-state index in [-0.39, 0.29) is 30.7 Å². The maximum Gasteiger partial charge on any atom is 0.151 e. The molecule has 0 bridgehead atoms. The fourth-order valence-electron chi connectivity index (χ4n) is 3.80. The van der Waals surface area contributed by atoms with Gasteiger partial charge in [0.05, 0.1) is 6.10 Å². The van der Waals surface area contributed by atoms with Crippen LogP contribution in [-0.4, -0.2) is 47.1 Å². The third-order valence-corrected chi connectivity index (χ3v) is 4.44. The first-order valence-electron chi connectivity index (χ1n) is 6.22. The Bertz CT molecular complexity index is 281. The molecule has 8 unspecified atom stereocenters. The highest BCUT2D eigenvalue weighted by Crippen LogP contribution is 2.42. The monoisotopic (exact) mass is 248 g/mol. The molecule has 2 aliphatic heterocycles. The molecular weight excluding hydrogens is 230 g/mol. The lowest BCUT2D eigenvalue weighted by atomic mass is 9.65. The van der Waals surface area contributed by atoms with E-state index < -0.39 is 30.8 Å². The zero-order chi connectivity index (χ0) is 12.2. The number of piperidine rings is 2. The molecule has 98 valence electrons. The molecule has 2 saturated heterocycles. The second kappa shape index (κ2) is 4.12. The number of halogens is 2. The van der Waals surface area contributed by atoms with Crippen molar-refractivity contribution in [3.63, 3.8) is 0 Å². The van der Waals surface area contributed by atoms with Crippen LogP contribution in [0.15, 0.2) is 0 Å². The molecule has 0 aromatic heterocycles. The third-order valence-electron chi connectivity index (χ3n) is 4.44. The summed E-state index contributed by atoms with van der Waals surface area (Å²) in [5, 5.41) is 25.1. The Labute approximate surface area is 98.4 Å². The highest BCUT2D eigenvalue weighted by molar-refractivity contribution is 5.07. The first kappa shape index (κ1) is 11.8. The third kappa shape index (κ3) is 1.87. The van der Waals surface area contributed by atoms with Crippen molar-refractivity contribution in [2.24, 2.45) is 11.8 Å². The fourth-order valence-corrected chi connectivity index (χ4v) is 3.80. The Morgan fingerprint density at radius 3 is 2.47 bits per heavy atom. The Morgan fingerprint density at radius 1 is 0.941 bits per heavy atom. The molecule has 0 amide bonds. The average Bonchev–Trinajstić information content (AvgIpc) is 2.24. The lowest BCUT2D eigenvalue weighted by molar-refractivity contribution is -0.110. The van der Waals surface area contributed by atoms with Crippen LogP contribution in [0, 0.1) is 11.8 Å². The molecule has 4 nitrogen and oxygen atoms in total. The number of hydrogen-bond donors (Lipinski definition) is 4. The number of rotatable bonds is 0. The minimum atomic E-state index is -1.22. The van der Waals surface area contributed by atoms with Crippen LogP contribution in [0.3, 0.4) is 0 Å². The van der Waals surface area contributed by atoms with E-state index in [4.69, 9.17) is 0 Å². The van der Waals surface area contributed by atoms with Crippen molar-refractivity contribution in [1.82, 2.24) is 10.6 Å². The number of nitrogens with one attached hydrogen (secondary N) is 2. The fraction of sp³-hybridized carbons (Fsp3) is 1.00. The molecule has 3 rings (SSSR count). The van der Waals surface area contributed by atoms with Crippen LogP contribution in [0.1, 0.15) is 19.3 Å². The van der Waals surface area contributed by atoms with Gasteiger partial charge in [0.15, 0.2) is 6.30 Å². The molecule has 17 heavy (non-hydrogen) atoms. The molecule has 6 heteroatoms. The summed E-state index contributed by atoms with van der Waals surface area (Å²) in [6.07, 6.45) is -3.24. The van der Waals surface area contributed by atoms with Crippen molar-refractivity contribution in [1.29, 1.82) is 0 Å². The quantitative estimate of drug-likeness (QED) is 0.443. The molecular formula is C11H18F2N2O2. The van der Waals surface area contributed by atoms with Crippen molar-refractivity contribution in [2.45, 2.75) is 56.1 Å². The number of aliphatic hydroxyl groups excluding tert-OH is 2. The van der Waals surface area contributed by atoms with Crippen LogP contribution in [0.2, 0.25) is 0 Å². The van der Waals surface area contributed by atoms with E-state index in [1.165, 1.54) is 0 Å². The SMILES string of the molecule is OC1CC2CC(F)NC3C(F)CC(O)C(N1)C23. The topological polar surface area (TPSA) is 64.5 Å². The predicted molar refractivity (Wildman–Crippen MR) is 56.5 cm³/mol. The molecule has 0 spiro atoms. The zero-order valence-electron chi connectivity index (χ0n) is 9.39. The molecule has 3 aliphatic rings. The molecule has 8 atom stereocenters. The van der Waals surface area contributed by atoms with Crippen LogP contribution in [0.5, 0.6) is 0 Å². The number of hydrogen-bond acceptors (Lipinski definition) is 4. The molecule has 4 N–H and O–H groups in total. The number of alkyl halides is 2. The van der Waals surface area contributed by atoms with Crippen LogP contribution in [0.4, 0.5) is 8.78 Å². The van der Waals surface area contributed by atoms with Crippen LogP contribution in [0.25, 0.3) is 0 Å². The molecule has 0 aromatic carbocycles. The molecule has 1 aliphatic carbocycles. The van der Waals surface area contributed by atoms with E-state index >= 15 is 0 Å². The van der Waals surface area contributed by atoms with Gasteiger partial charge in [-0.1, -0.05) is 0 Å². The van der Waals surface area contributed by atoms with Gasteiger partial charge in [-0.2, -0.15) is 0 Å². The van der Waals surface area contributed by atoms with Gasteiger partial charge in [-0.25, -0.2) is 8.78 Å². The van der Waals surface area contributed by atoms with Crippen molar-refractivity contribution in [3.8, 4) is 0 Å². The summed E-state index contributed by atoms with van der Waals surface area (Å²) in [6, 6.07) is -0.877. The van der Waals surface area contributed by atoms with Crippen LogP contribution >= 0.6 is 0 Å². The van der Waals surface area contributed by atoms with Crippen molar-refractivity contribution >= 4 is 0 Å². The Kier molecular flexibility index (Phi) is 2.85. The van der Waals surface area contributed by atoms with Gasteiger partial charge >= 0.3 is 0 Å². The second-order valence-corrected chi connectivity index (χ2v) is 5.50. The van der Waals surface area contributed by atoms with E-state index in [0.29, 0.717) is 6.42 Å². The van der Waals surface area contributed by atoms with Gasteiger partial charge in [0, 0.05) is 18.5 Å². The highest BCUT2D eigenvalue weighted by atomic mass is 19.1. The van der Waals surface area contributed by atoms with E-state index in [0.717, 1.165) is 0 Å². The Balaban J connectivity index is 1.89. The summed E-state index contributed by atoms with van der Waals surface area (Å²) in [7, 11) is 0. The minimum Gasteiger partial charge on any atom is -0.391 e. The van der Waals surface area contributed by atoms with Crippen LogP contribution in [-0.2, 0) is 0 Å². The zero-order valence-corrected chi connectivity index (χ0v) is 9.39. The molecule has 2 heterocycles. The smallest absolute Gasteiger partial charge is 0.151 e. The first-order valence-corrected chi connectivity index (χ1v) is 6.22. The first-order chi connectivity index (χ1) is 8.06. The second-order valence-electron chi connectivity index (χ2n) is 5.50. The van der Waals surface area contributed by atoms with Gasteiger partial charge in [-0.15, -0.1) is 0 Å². The van der Waals surface area contributed by atoms with Gasteiger partial charge in [0.1, 0.15) is 12.4 Å². The van der Waals surface area contributed by atoms with Gasteiger partial charge < -0.3 is 10.2 Å². The van der Waals surface area contributed by atoms with Crippen molar-refractivity contribution < 1.29 is 19.0 Å². The Morgan fingerprint density at radius 2 is 1.71 bits per heavy atom. The molecule has 0 aromatic rings. The van der Waals surface area contributed by atoms with E-state index in [2.05, 4.69) is 10.6 Å².